The summed E-state index contributed by atoms with van der Waals surface area (Å²) in [6, 6.07) is 3.92. The normalized spacial score (nSPS) is 11.3. The summed E-state index contributed by atoms with van der Waals surface area (Å²) < 4.78 is 0. The molecule has 0 saturated heterocycles. The highest BCUT2D eigenvalue weighted by molar-refractivity contribution is 5.51. The number of aromatic nitrogens is 1. The fourth-order valence-electron chi connectivity index (χ4n) is 1.29. The van der Waals surface area contributed by atoms with Gasteiger partial charge in [-0.1, -0.05) is 20.8 Å². The van der Waals surface area contributed by atoms with Gasteiger partial charge < -0.3 is 15.7 Å². The van der Waals surface area contributed by atoms with Crippen LogP contribution < -0.4 is 10.6 Å². The largest absolute Gasteiger partial charge is 0.396 e. The van der Waals surface area contributed by atoms with Crippen LogP contribution in [-0.4, -0.2) is 29.8 Å². The second kappa shape index (κ2) is 6.45. The lowest BCUT2D eigenvalue weighted by atomic mass is 9.95. The van der Waals surface area contributed by atoms with E-state index >= 15 is 0 Å². The van der Waals surface area contributed by atoms with Crippen molar-refractivity contribution in [2.24, 2.45) is 5.41 Å². The number of anilines is 2. The van der Waals surface area contributed by atoms with Gasteiger partial charge >= 0.3 is 0 Å². The molecule has 1 heterocycles. The van der Waals surface area contributed by atoms with Crippen molar-refractivity contribution in [1.29, 1.82) is 0 Å². The molecular weight excluding hydrogens is 214 g/mol. The molecule has 4 heteroatoms. The van der Waals surface area contributed by atoms with Gasteiger partial charge in [0.05, 0.1) is 0 Å². The first-order valence-electron chi connectivity index (χ1n) is 6.12. The molecule has 0 radical (unpaired) electrons. The van der Waals surface area contributed by atoms with Crippen molar-refractivity contribution >= 4 is 11.5 Å². The van der Waals surface area contributed by atoms with Crippen LogP contribution in [0.1, 0.15) is 27.2 Å². The first-order valence-corrected chi connectivity index (χ1v) is 6.12. The maximum absolute atomic E-state index is 9.18. The van der Waals surface area contributed by atoms with Crippen molar-refractivity contribution in [3.05, 3.63) is 18.3 Å². The zero-order chi connectivity index (χ0) is 12.7. The molecule has 1 aromatic rings. The third-order valence-electron chi connectivity index (χ3n) is 2.52. The van der Waals surface area contributed by atoms with Crippen molar-refractivity contribution in [3.8, 4) is 0 Å². The Morgan fingerprint density at radius 1 is 1.35 bits per heavy atom. The molecule has 96 valence electrons. The fourth-order valence-corrected chi connectivity index (χ4v) is 1.29. The summed E-state index contributed by atoms with van der Waals surface area (Å²) in [7, 11) is 0. The second-order valence-electron chi connectivity index (χ2n) is 5.03. The Balaban J connectivity index is 2.53. The van der Waals surface area contributed by atoms with Crippen LogP contribution in [-0.2, 0) is 0 Å². The number of hydrogen-bond acceptors (Lipinski definition) is 4. The zero-order valence-electron chi connectivity index (χ0n) is 11.0. The number of aliphatic hydroxyl groups is 1. The lowest BCUT2D eigenvalue weighted by Gasteiger charge is -2.22. The number of pyridine rings is 1. The Kier molecular flexibility index (Phi) is 5.22. The molecule has 1 aromatic heterocycles. The molecule has 0 saturated carbocycles. The van der Waals surface area contributed by atoms with Gasteiger partial charge in [0.2, 0.25) is 0 Å². The van der Waals surface area contributed by atoms with E-state index in [1.165, 1.54) is 0 Å². The summed E-state index contributed by atoms with van der Waals surface area (Å²) in [6.07, 6.45) is 2.86. The SMILES string of the molecule is CCCNc1cc(NCC(C)(C)CO)ccn1. The number of aliphatic hydroxyl groups excluding tert-OH is 1. The first-order chi connectivity index (χ1) is 8.07. The molecular formula is C13H23N3O. The summed E-state index contributed by atoms with van der Waals surface area (Å²) in [5.74, 6) is 0.888. The Morgan fingerprint density at radius 3 is 2.76 bits per heavy atom. The van der Waals surface area contributed by atoms with Crippen molar-refractivity contribution in [2.75, 3.05) is 30.3 Å². The summed E-state index contributed by atoms with van der Waals surface area (Å²) in [5.41, 5.74) is 0.917. The highest BCUT2D eigenvalue weighted by atomic mass is 16.3. The summed E-state index contributed by atoms with van der Waals surface area (Å²) in [6.45, 7) is 8.01. The van der Waals surface area contributed by atoms with E-state index in [2.05, 4.69) is 22.5 Å². The third-order valence-corrected chi connectivity index (χ3v) is 2.52. The number of hydrogen-bond donors (Lipinski definition) is 3. The van der Waals surface area contributed by atoms with Crippen LogP contribution in [0.25, 0.3) is 0 Å². The minimum Gasteiger partial charge on any atom is -0.396 e. The average Bonchev–Trinajstić information content (AvgIpc) is 2.35. The highest BCUT2D eigenvalue weighted by Gasteiger charge is 2.15. The molecule has 0 spiro atoms. The molecule has 0 atom stereocenters. The number of nitrogens with one attached hydrogen (secondary N) is 2. The predicted molar refractivity (Wildman–Crippen MR) is 72.4 cm³/mol. The quantitative estimate of drug-likeness (QED) is 0.681. The average molecular weight is 237 g/mol. The number of nitrogens with zero attached hydrogens (tertiary/aromatic N) is 1. The topological polar surface area (TPSA) is 57.2 Å². The van der Waals surface area contributed by atoms with E-state index in [1.807, 2.05) is 26.0 Å². The summed E-state index contributed by atoms with van der Waals surface area (Å²) in [5, 5.41) is 15.7. The van der Waals surface area contributed by atoms with E-state index < -0.39 is 0 Å². The molecule has 0 aromatic carbocycles. The van der Waals surface area contributed by atoms with Gasteiger partial charge in [0, 0.05) is 43.1 Å². The Morgan fingerprint density at radius 2 is 2.12 bits per heavy atom. The molecule has 4 nitrogen and oxygen atoms in total. The van der Waals surface area contributed by atoms with Gasteiger partial charge in [-0.15, -0.1) is 0 Å². The van der Waals surface area contributed by atoms with E-state index in [-0.39, 0.29) is 12.0 Å². The van der Waals surface area contributed by atoms with Gasteiger partial charge in [-0.2, -0.15) is 0 Å². The monoisotopic (exact) mass is 237 g/mol. The van der Waals surface area contributed by atoms with Gasteiger partial charge in [-0.3, -0.25) is 0 Å². The van der Waals surface area contributed by atoms with E-state index in [4.69, 9.17) is 0 Å². The molecule has 17 heavy (non-hydrogen) atoms. The van der Waals surface area contributed by atoms with Gasteiger partial charge in [0.1, 0.15) is 5.82 Å². The molecule has 1 rings (SSSR count). The molecule has 0 fully saturated rings. The molecule has 3 N–H and O–H groups in total. The lowest BCUT2D eigenvalue weighted by molar-refractivity contribution is 0.171. The van der Waals surface area contributed by atoms with Gasteiger partial charge in [-0.05, 0) is 12.5 Å². The molecule has 0 unspecified atom stereocenters. The van der Waals surface area contributed by atoms with Crippen LogP contribution in [0, 0.1) is 5.41 Å². The Labute approximate surface area is 103 Å². The van der Waals surface area contributed by atoms with E-state index in [9.17, 15) is 5.11 Å². The van der Waals surface area contributed by atoms with Gasteiger partial charge in [0.15, 0.2) is 0 Å². The van der Waals surface area contributed by atoms with Gasteiger partial charge in [-0.25, -0.2) is 4.98 Å². The summed E-state index contributed by atoms with van der Waals surface area (Å²) in [4.78, 5) is 4.24. The smallest absolute Gasteiger partial charge is 0.127 e. The standard InChI is InChI=1S/C13H23N3O/c1-4-6-14-12-8-11(5-7-15-12)16-9-13(2,3)10-17/h5,7-8,17H,4,6,9-10H2,1-3H3,(H2,14,15,16). The maximum atomic E-state index is 9.18. The van der Waals surface area contributed by atoms with Crippen molar-refractivity contribution in [3.63, 3.8) is 0 Å². The highest BCUT2D eigenvalue weighted by Crippen LogP contribution is 2.17. The van der Waals surface area contributed by atoms with Crippen LogP contribution in [0.4, 0.5) is 11.5 Å². The second-order valence-corrected chi connectivity index (χ2v) is 5.03. The third kappa shape index (κ3) is 5.04. The molecule has 0 bridgehead atoms. The van der Waals surface area contributed by atoms with Crippen LogP contribution in [0.2, 0.25) is 0 Å². The molecule has 0 amide bonds. The minimum absolute atomic E-state index is 0.111. The van der Waals surface area contributed by atoms with Crippen LogP contribution in [0.5, 0.6) is 0 Å². The van der Waals surface area contributed by atoms with Crippen LogP contribution >= 0.6 is 0 Å². The number of rotatable bonds is 7. The maximum Gasteiger partial charge on any atom is 0.127 e. The van der Waals surface area contributed by atoms with Crippen molar-refractivity contribution < 1.29 is 5.11 Å². The van der Waals surface area contributed by atoms with Gasteiger partial charge in [0.25, 0.3) is 0 Å². The zero-order valence-corrected chi connectivity index (χ0v) is 11.0. The van der Waals surface area contributed by atoms with Crippen molar-refractivity contribution in [1.82, 2.24) is 4.98 Å². The molecule has 0 aliphatic heterocycles. The van der Waals surface area contributed by atoms with Crippen LogP contribution in [0.3, 0.4) is 0 Å². The predicted octanol–water partition coefficient (Wildman–Crippen LogP) is 2.33. The first kappa shape index (κ1) is 13.8. The van der Waals surface area contributed by atoms with Crippen molar-refractivity contribution in [2.45, 2.75) is 27.2 Å². The van der Waals surface area contributed by atoms with E-state index in [0.29, 0.717) is 0 Å². The lowest BCUT2D eigenvalue weighted by Crippen LogP contribution is -2.26. The van der Waals surface area contributed by atoms with Crippen LogP contribution in [0.15, 0.2) is 18.3 Å². The minimum atomic E-state index is -0.111. The molecule has 0 aliphatic rings. The van der Waals surface area contributed by atoms with E-state index in [0.717, 1.165) is 31.0 Å². The Bertz CT molecular complexity index is 339. The summed E-state index contributed by atoms with van der Waals surface area (Å²) >= 11 is 0. The molecule has 0 aliphatic carbocycles. The van der Waals surface area contributed by atoms with E-state index in [1.54, 1.807) is 6.20 Å². The Hall–Kier alpha value is -1.29. The fraction of sp³-hybridized carbons (Fsp3) is 0.615.